The maximum absolute atomic E-state index is 17.0. The Bertz CT molecular complexity index is 2190. The SMILES string of the molecule is CC1(C)CC(C(CC(=O)O)(C(=O)O)C(C(=O)O)(C2CC(C)(C)N(OC3CCCCC3)C(C)(C)C2)C(C(=O)O)(C2CC(C)(C)N(OC3CCCCC3)C(C)(C)C2)C2CC(C)(C)N(OC3CCCCC3)C(C)(C)C2)CC(C)(C)N1OC1CCCCC1. The quantitative estimate of drug-likeness (QED) is 0.0951. The molecule has 4 aliphatic carbocycles. The number of hydrogen-bond acceptors (Lipinski definition) is 12. The third kappa shape index (κ3) is 12.5. The Morgan fingerprint density at radius 3 is 0.762 bits per heavy atom. The van der Waals surface area contributed by atoms with Gasteiger partial charge in [0.25, 0.3) is 0 Å². The molecule has 0 aromatic heterocycles. The minimum atomic E-state index is -2.82. The van der Waals surface area contributed by atoms with Gasteiger partial charge in [0.05, 0.1) is 41.7 Å². The molecule has 16 heteroatoms. The fourth-order valence-corrected chi connectivity index (χ4v) is 21.1. The summed E-state index contributed by atoms with van der Waals surface area (Å²) in [5.74, 6) is -10.4. The van der Waals surface area contributed by atoms with E-state index in [0.717, 1.165) is 128 Å². The normalized spacial score (nSPS) is 30.0. The Kier molecular flexibility index (Phi) is 19.6. The fourth-order valence-electron chi connectivity index (χ4n) is 21.1. The highest BCUT2D eigenvalue weighted by atomic mass is 16.7. The lowest BCUT2D eigenvalue weighted by atomic mass is 9.32. The van der Waals surface area contributed by atoms with Gasteiger partial charge in [-0.3, -0.25) is 38.5 Å². The largest absolute Gasteiger partial charge is 0.481 e. The van der Waals surface area contributed by atoms with Crippen molar-refractivity contribution in [2.75, 3.05) is 0 Å². The molecule has 0 aromatic carbocycles. The van der Waals surface area contributed by atoms with Gasteiger partial charge < -0.3 is 20.4 Å². The van der Waals surface area contributed by atoms with E-state index >= 15 is 14.4 Å². The van der Waals surface area contributed by atoms with Gasteiger partial charge in [-0.25, -0.2) is 0 Å². The van der Waals surface area contributed by atoms with Gasteiger partial charge in [0.1, 0.15) is 5.41 Å². The molecule has 0 bridgehead atoms. The standard InChI is InChI=1S/C68H118N4O12/c1-58(2)37-46(38-59(3,4)69(58)81-50-29-21-17-22-30-50)66(55(75)76,45-54(73)74)68(57(79)80,49-43-64(13,14)72(65(15,16)44-49)84-53-35-27-20-28-36-53)67(56(77)78,47-39-60(5,6)70(61(7,8)40-47)82-51-31-23-18-24-32-51)48-41-62(9,10)71(63(11,12)42-48)83-52-33-25-19-26-34-52/h46-53H,17-45H2,1-16H3,(H,73,74)(H,75,76)(H,77,78)(H,79,80). The summed E-state index contributed by atoms with van der Waals surface area (Å²) in [4.78, 5) is 93.5. The highest BCUT2D eigenvalue weighted by molar-refractivity contribution is 5.96. The van der Waals surface area contributed by atoms with Gasteiger partial charge in [-0.1, -0.05) is 77.0 Å². The molecule has 0 amide bonds. The summed E-state index contributed by atoms with van der Waals surface area (Å²) in [6.45, 7) is 32.8. The summed E-state index contributed by atoms with van der Waals surface area (Å²) in [7, 11) is 0. The minimum Gasteiger partial charge on any atom is -0.481 e. The van der Waals surface area contributed by atoms with Gasteiger partial charge in [0.2, 0.25) is 0 Å². The molecule has 0 spiro atoms. The minimum absolute atomic E-state index is 0.0302. The van der Waals surface area contributed by atoms with Gasteiger partial charge in [-0.15, -0.1) is 0 Å². The highest BCUT2D eigenvalue weighted by Gasteiger charge is 2.84. The highest BCUT2D eigenvalue weighted by Crippen LogP contribution is 2.75. The van der Waals surface area contributed by atoms with Crippen LogP contribution in [0.5, 0.6) is 0 Å². The molecule has 8 fully saturated rings. The van der Waals surface area contributed by atoms with Crippen LogP contribution in [-0.2, 0) is 38.5 Å². The lowest BCUT2D eigenvalue weighted by Gasteiger charge is -2.71. The number of hydrogen-bond donors (Lipinski definition) is 4. The summed E-state index contributed by atoms with van der Waals surface area (Å²) in [5, 5.41) is 61.0. The van der Waals surface area contributed by atoms with Crippen molar-refractivity contribution in [1.29, 1.82) is 0 Å². The second-order valence-electron chi connectivity index (χ2n) is 33.7. The van der Waals surface area contributed by atoms with Crippen LogP contribution in [0.2, 0.25) is 0 Å². The molecule has 482 valence electrons. The molecule has 2 unspecified atom stereocenters. The van der Waals surface area contributed by atoms with E-state index in [4.69, 9.17) is 19.4 Å². The van der Waals surface area contributed by atoms with E-state index in [2.05, 4.69) is 65.5 Å². The summed E-state index contributed by atoms with van der Waals surface area (Å²) < 4.78 is 0. The molecule has 4 saturated heterocycles. The third-order valence-corrected chi connectivity index (χ3v) is 23.0. The van der Waals surface area contributed by atoms with Crippen molar-refractivity contribution in [3.8, 4) is 0 Å². The molecule has 8 rings (SSSR count). The van der Waals surface area contributed by atoms with Crippen LogP contribution in [0, 0.1) is 39.9 Å². The summed E-state index contributed by atoms with van der Waals surface area (Å²) in [6, 6.07) is 0. The molecule has 2 atom stereocenters. The van der Waals surface area contributed by atoms with Crippen LogP contribution in [-0.4, -0.2) is 133 Å². The molecule has 4 aliphatic heterocycles. The second kappa shape index (κ2) is 24.4. The van der Waals surface area contributed by atoms with E-state index in [1.165, 1.54) is 0 Å². The number of carbonyl (C=O) groups is 4. The Morgan fingerprint density at radius 2 is 0.560 bits per heavy atom. The number of aliphatic carboxylic acids is 4. The van der Waals surface area contributed by atoms with Crippen LogP contribution in [0.3, 0.4) is 0 Å². The zero-order valence-electron chi connectivity index (χ0n) is 55.5. The lowest BCUT2D eigenvalue weighted by Crippen LogP contribution is -2.79. The third-order valence-electron chi connectivity index (χ3n) is 23.0. The number of rotatable bonds is 19. The topological polar surface area (TPSA) is 199 Å². The molecule has 0 aromatic rings. The predicted molar refractivity (Wildman–Crippen MR) is 325 cm³/mol. The van der Waals surface area contributed by atoms with E-state index < -0.39 is 115 Å². The maximum atomic E-state index is 17.0. The van der Waals surface area contributed by atoms with Crippen molar-refractivity contribution in [2.45, 2.75) is 366 Å². The van der Waals surface area contributed by atoms with E-state index in [9.17, 15) is 25.2 Å². The van der Waals surface area contributed by atoms with E-state index in [-0.39, 0.29) is 75.8 Å². The first kappa shape index (κ1) is 67.5. The first-order valence-corrected chi connectivity index (χ1v) is 33.6. The maximum Gasteiger partial charge on any atom is 0.312 e. The molecule has 84 heavy (non-hydrogen) atoms. The number of carboxylic acid groups (broad SMARTS) is 4. The summed E-state index contributed by atoms with van der Waals surface area (Å²) in [5.41, 5.74) is -15.6. The van der Waals surface area contributed by atoms with Crippen molar-refractivity contribution in [3.63, 3.8) is 0 Å². The molecule has 4 N–H and O–H groups in total. The van der Waals surface area contributed by atoms with Crippen LogP contribution in [0.1, 0.15) is 297 Å². The Morgan fingerprint density at radius 1 is 0.333 bits per heavy atom. The molecule has 16 nitrogen and oxygen atoms in total. The first-order chi connectivity index (χ1) is 38.8. The summed E-state index contributed by atoms with van der Waals surface area (Å²) >= 11 is 0. The number of hydroxylamine groups is 8. The van der Waals surface area contributed by atoms with Gasteiger partial charge in [-0.05, 0) is 237 Å². The molecular formula is C68H118N4O12. The van der Waals surface area contributed by atoms with Crippen LogP contribution >= 0.6 is 0 Å². The van der Waals surface area contributed by atoms with Crippen molar-refractivity contribution >= 4 is 23.9 Å². The van der Waals surface area contributed by atoms with Crippen LogP contribution in [0.25, 0.3) is 0 Å². The molecular weight excluding hydrogens is 1060 g/mol. The molecule has 4 heterocycles. The van der Waals surface area contributed by atoms with Crippen LogP contribution in [0.15, 0.2) is 0 Å². The number of carboxylic acids is 4. The van der Waals surface area contributed by atoms with Gasteiger partial charge in [-0.2, -0.15) is 20.3 Å². The number of nitrogens with zero attached hydrogens (tertiary/aromatic N) is 4. The van der Waals surface area contributed by atoms with E-state index in [0.29, 0.717) is 0 Å². The zero-order valence-corrected chi connectivity index (χ0v) is 55.5. The van der Waals surface area contributed by atoms with Crippen LogP contribution < -0.4 is 0 Å². The summed E-state index contributed by atoms with van der Waals surface area (Å²) in [6.07, 6.45) is 19.2. The van der Waals surface area contributed by atoms with Crippen molar-refractivity contribution in [1.82, 2.24) is 20.3 Å². The monoisotopic (exact) mass is 1180 g/mol. The van der Waals surface area contributed by atoms with Crippen molar-refractivity contribution in [2.24, 2.45) is 39.9 Å². The van der Waals surface area contributed by atoms with E-state index in [1.807, 2.05) is 65.5 Å². The second-order valence-corrected chi connectivity index (χ2v) is 33.7. The van der Waals surface area contributed by atoms with Crippen molar-refractivity contribution < 1.29 is 59.0 Å². The average molecular weight is 1180 g/mol. The van der Waals surface area contributed by atoms with Crippen molar-refractivity contribution in [3.05, 3.63) is 0 Å². The Labute approximate surface area is 506 Å². The van der Waals surface area contributed by atoms with Gasteiger partial charge in [0, 0.05) is 44.3 Å². The number of piperidine rings is 4. The van der Waals surface area contributed by atoms with Crippen LogP contribution in [0.4, 0.5) is 0 Å². The van der Waals surface area contributed by atoms with Gasteiger partial charge in [0.15, 0.2) is 0 Å². The van der Waals surface area contributed by atoms with Gasteiger partial charge >= 0.3 is 23.9 Å². The smallest absolute Gasteiger partial charge is 0.312 e. The predicted octanol–water partition coefficient (Wildman–Crippen LogP) is 14.8. The zero-order chi connectivity index (χ0) is 62.1. The average Bonchev–Trinajstić information content (AvgIpc) is 0.668. The Balaban J connectivity index is 1.47. The molecule has 8 aliphatic rings. The Hall–Kier alpha value is -2.44. The van der Waals surface area contributed by atoms with E-state index in [1.54, 1.807) is 0 Å². The lowest BCUT2D eigenvalue weighted by molar-refractivity contribution is -0.352. The molecule has 4 saturated carbocycles. The fraction of sp³-hybridized carbons (Fsp3) is 0.941. The first-order valence-electron chi connectivity index (χ1n) is 33.6. The molecule has 0 radical (unpaired) electrons.